The zero-order valence-corrected chi connectivity index (χ0v) is 12.8. The molecule has 0 bridgehead atoms. The molecule has 0 saturated heterocycles. The molecule has 0 saturated carbocycles. The maximum atomic E-state index is 12.2. The summed E-state index contributed by atoms with van der Waals surface area (Å²) in [6, 6.07) is 4.91. The van der Waals surface area contributed by atoms with E-state index < -0.39 is 22.0 Å². The van der Waals surface area contributed by atoms with Crippen molar-refractivity contribution in [2.24, 2.45) is 0 Å². The number of aliphatic carboxylic acids is 1. The molecular formula is C12H17NO5S2. The van der Waals surface area contributed by atoms with Crippen molar-refractivity contribution in [3.8, 4) is 5.75 Å². The molecular weight excluding hydrogens is 302 g/mol. The van der Waals surface area contributed by atoms with Crippen molar-refractivity contribution in [3.05, 3.63) is 24.3 Å². The summed E-state index contributed by atoms with van der Waals surface area (Å²) in [7, 11) is -2.58. The van der Waals surface area contributed by atoms with Gasteiger partial charge in [0.2, 0.25) is 10.0 Å². The van der Waals surface area contributed by atoms with Crippen molar-refractivity contribution >= 4 is 27.8 Å². The number of hydrogen-bond donors (Lipinski definition) is 2. The van der Waals surface area contributed by atoms with Gasteiger partial charge in [-0.05, 0) is 30.6 Å². The molecule has 0 unspecified atom stereocenters. The Morgan fingerprint density at radius 1 is 1.45 bits per heavy atom. The SMILES string of the molecule is COc1ccccc1S(=O)(=O)N[C@H](CCSC)C(=O)O. The fourth-order valence-corrected chi connectivity index (χ4v) is 3.43. The second-order valence-corrected chi connectivity index (χ2v) is 6.61. The minimum atomic E-state index is -3.94. The lowest BCUT2D eigenvalue weighted by atomic mass is 10.2. The molecule has 0 aliphatic carbocycles. The fraction of sp³-hybridized carbons (Fsp3) is 0.417. The fourth-order valence-electron chi connectivity index (χ4n) is 1.56. The van der Waals surface area contributed by atoms with Crippen LogP contribution < -0.4 is 9.46 Å². The van der Waals surface area contributed by atoms with E-state index >= 15 is 0 Å². The molecule has 0 spiro atoms. The van der Waals surface area contributed by atoms with E-state index in [2.05, 4.69) is 4.72 Å². The Bertz CT molecular complexity index is 559. The van der Waals surface area contributed by atoms with Gasteiger partial charge in [0.15, 0.2) is 0 Å². The molecule has 0 aromatic heterocycles. The van der Waals surface area contributed by atoms with Crippen LogP contribution in [0.4, 0.5) is 0 Å². The summed E-state index contributed by atoms with van der Waals surface area (Å²) >= 11 is 1.45. The van der Waals surface area contributed by atoms with E-state index in [0.29, 0.717) is 5.75 Å². The Morgan fingerprint density at radius 3 is 2.65 bits per heavy atom. The standard InChI is InChI=1S/C12H17NO5S2/c1-18-10-5-3-4-6-11(10)20(16,17)13-9(12(14)15)7-8-19-2/h3-6,9,13H,7-8H2,1-2H3,(H,14,15)/t9-/m1/s1. The highest BCUT2D eigenvalue weighted by Gasteiger charge is 2.27. The average Bonchev–Trinajstić information content (AvgIpc) is 2.43. The van der Waals surface area contributed by atoms with Gasteiger partial charge in [-0.15, -0.1) is 0 Å². The highest BCUT2D eigenvalue weighted by atomic mass is 32.2. The molecule has 0 fully saturated rings. The summed E-state index contributed by atoms with van der Waals surface area (Å²) in [5, 5.41) is 9.07. The molecule has 6 nitrogen and oxygen atoms in total. The summed E-state index contributed by atoms with van der Waals surface area (Å²) in [6.45, 7) is 0. The first-order valence-corrected chi connectivity index (χ1v) is 8.67. The van der Waals surface area contributed by atoms with E-state index in [1.807, 2.05) is 6.26 Å². The van der Waals surface area contributed by atoms with Crippen molar-refractivity contribution < 1.29 is 23.1 Å². The number of para-hydroxylation sites is 1. The van der Waals surface area contributed by atoms with Crippen molar-refractivity contribution in [1.29, 1.82) is 0 Å². The number of thioether (sulfide) groups is 1. The Hall–Kier alpha value is -1.25. The van der Waals surface area contributed by atoms with Crippen LogP contribution in [0.5, 0.6) is 5.75 Å². The lowest BCUT2D eigenvalue weighted by molar-refractivity contribution is -0.139. The van der Waals surface area contributed by atoms with Crippen molar-refractivity contribution in [1.82, 2.24) is 4.72 Å². The van der Waals surface area contributed by atoms with Crippen LogP contribution >= 0.6 is 11.8 Å². The molecule has 1 rings (SSSR count). The van der Waals surface area contributed by atoms with Gasteiger partial charge in [-0.2, -0.15) is 16.5 Å². The summed E-state index contributed by atoms with van der Waals surface area (Å²) in [5.41, 5.74) is 0. The van der Waals surface area contributed by atoms with Crippen LogP contribution in [0.1, 0.15) is 6.42 Å². The van der Waals surface area contributed by atoms with Gasteiger partial charge in [-0.1, -0.05) is 12.1 Å². The largest absolute Gasteiger partial charge is 0.495 e. The third-order valence-electron chi connectivity index (χ3n) is 2.56. The lowest BCUT2D eigenvalue weighted by Crippen LogP contribution is -2.41. The molecule has 20 heavy (non-hydrogen) atoms. The first-order chi connectivity index (χ1) is 9.42. The first kappa shape index (κ1) is 16.8. The van der Waals surface area contributed by atoms with Crippen molar-refractivity contribution in [2.75, 3.05) is 19.1 Å². The smallest absolute Gasteiger partial charge is 0.321 e. The van der Waals surface area contributed by atoms with Gasteiger partial charge in [0.25, 0.3) is 0 Å². The molecule has 2 N–H and O–H groups in total. The Labute approximate surface area is 122 Å². The maximum absolute atomic E-state index is 12.2. The van der Waals surface area contributed by atoms with Crippen LogP contribution in [-0.2, 0) is 14.8 Å². The molecule has 0 amide bonds. The van der Waals surface area contributed by atoms with Crippen molar-refractivity contribution in [2.45, 2.75) is 17.4 Å². The highest BCUT2D eigenvalue weighted by molar-refractivity contribution is 7.98. The third kappa shape index (κ3) is 4.39. The Morgan fingerprint density at radius 2 is 2.10 bits per heavy atom. The third-order valence-corrected chi connectivity index (χ3v) is 4.72. The summed E-state index contributed by atoms with van der Waals surface area (Å²) in [5.74, 6) is -0.475. The number of benzene rings is 1. The number of carbonyl (C=O) groups is 1. The Kier molecular flexibility index (Phi) is 6.31. The quantitative estimate of drug-likeness (QED) is 0.747. The van der Waals surface area contributed by atoms with Crippen LogP contribution in [0, 0.1) is 0 Å². The molecule has 0 aliphatic rings. The van der Waals surface area contributed by atoms with E-state index in [-0.39, 0.29) is 17.1 Å². The maximum Gasteiger partial charge on any atom is 0.321 e. The van der Waals surface area contributed by atoms with Crippen LogP contribution in [-0.4, -0.2) is 44.7 Å². The molecule has 1 aromatic rings. The van der Waals surface area contributed by atoms with Gasteiger partial charge in [-0.3, -0.25) is 4.79 Å². The van der Waals surface area contributed by atoms with Crippen LogP contribution in [0.15, 0.2) is 29.2 Å². The summed E-state index contributed by atoms with van der Waals surface area (Å²) in [6.07, 6.45) is 2.04. The van der Waals surface area contributed by atoms with E-state index in [9.17, 15) is 13.2 Å². The second-order valence-electron chi connectivity index (χ2n) is 3.94. The monoisotopic (exact) mass is 319 g/mol. The number of carboxylic acids is 1. The van der Waals surface area contributed by atoms with E-state index in [1.54, 1.807) is 12.1 Å². The van der Waals surface area contributed by atoms with Gasteiger partial charge in [0.05, 0.1) is 7.11 Å². The van der Waals surface area contributed by atoms with Crippen LogP contribution in [0.3, 0.4) is 0 Å². The van der Waals surface area contributed by atoms with E-state index in [4.69, 9.17) is 9.84 Å². The molecule has 0 aliphatic heterocycles. The molecule has 0 heterocycles. The number of sulfonamides is 1. The molecule has 0 radical (unpaired) electrons. The average molecular weight is 319 g/mol. The summed E-state index contributed by atoms with van der Waals surface area (Å²) < 4.78 is 31.6. The predicted molar refractivity (Wildman–Crippen MR) is 77.7 cm³/mol. The minimum Gasteiger partial charge on any atom is -0.495 e. The zero-order chi connectivity index (χ0) is 15.2. The van der Waals surface area contributed by atoms with Gasteiger partial charge in [-0.25, -0.2) is 8.42 Å². The number of carboxylic acid groups (broad SMARTS) is 1. The molecule has 1 aromatic carbocycles. The lowest BCUT2D eigenvalue weighted by Gasteiger charge is -2.15. The number of methoxy groups -OCH3 is 1. The van der Waals surface area contributed by atoms with Crippen LogP contribution in [0.2, 0.25) is 0 Å². The van der Waals surface area contributed by atoms with Gasteiger partial charge in [0.1, 0.15) is 16.7 Å². The zero-order valence-electron chi connectivity index (χ0n) is 11.2. The molecule has 112 valence electrons. The summed E-state index contributed by atoms with van der Waals surface area (Å²) in [4.78, 5) is 11.0. The van der Waals surface area contributed by atoms with E-state index in [1.165, 1.54) is 31.0 Å². The number of nitrogens with one attached hydrogen (secondary N) is 1. The number of ether oxygens (including phenoxy) is 1. The van der Waals surface area contributed by atoms with Crippen LogP contribution in [0.25, 0.3) is 0 Å². The van der Waals surface area contributed by atoms with E-state index in [0.717, 1.165) is 0 Å². The molecule has 1 atom stereocenters. The van der Waals surface area contributed by atoms with Crippen molar-refractivity contribution in [3.63, 3.8) is 0 Å². The van der Waals surface area contributed by atoms with Gasteiger partial charge in [0, 0.05) is 0 Å². The van der Waals surface area contributed by atoms with Gasteiger partial charge >= 0.3 is 5.97 Å². The van der Waals surface area contributed by atoms with Gasteiger partial charge < -0.3 is 9.84 Å². The topological polar surface area (TPSA) is 92.7 Å². The highest BCUT2D eigenvalue weighted by Crippen LogP contribution is 2.23. The minimum absolute atomic E-state index is 0.0714. The normalized spacial score (nSPS) is 12.9. The first-order valence-electron chi connectivity index (χ1n) is 5.79. The number of rotatable bonds is 8. The Balaban J connectivity index is 3.00. The number of hydrogen-bond acceptors (Lipinski definition) is 5. The predicted octanol–water partition coefficient (Wildman–Crippen LogP) is 1.18. The second kappa shape index (κ2) is 7.51. The molecule has 8 heteroatoms.